The number of carbonyl (C=O) groups excluding carboxylic acids is 1. The first-order valence-corrected chi connectivity index (χ1v) is 6.82. The van der Waals surface area contributed by atoms with E-state index in [-0.39, 0.29) is 16.6 Å². The lowest BCUT2D eigenvalue weighted by atomic mass is 10.1. The number of aromatic nitrogens is 2. The second-order valence-corrected chi connectivity index (χ2v) is 5.57. The van der Waals surface area contributed by atoms with Crippen molar-refractivity contribution < 1.29 is 9.18 Å². The molecular formula is C13H11BrClFN2O. The monoisotopic (exact) mass is 344 g/mol. The molecule has 1 aromatic carbocycles. The molecule has 0 saturated heterocycles. The van der Waals surface area contributed by atoms with Gasteiger partial charge >= 0.3 is 0 Å². The lowest BCUT2D eigenvalue weighted by Gasteiger charge is -2.11. The summed E-state index contributed by atoms with van der Waals surface area (Å²) >= 11 is 8.97. The van der Waals surface area contributed by atoms with Gasteiger partial charge in [-0.15, -0.1) is 0 Å². The second-order valence-electron chi connectivity index (χ2n) is 4.31. The van der Waals surface area contributed by atoms with Crippen molar-refractivity contribution in [2.24, 2.45) is 0 Å². The van der Waals surface area contributed by atoms with Gasteiger partial charge in [-0.2, -0.15) is 5.10 Å². The van der Waals surface area contributed by atoms with Crippen molar-refractivity contribution in [2.45, 2.75) is 19.9 Å². The SMILES string of the molecule is CC(C)n1ncc(Br)c1C(=O)c1cccc(Cl)c1F. The fourth-order valence-electron chi connectivity index (χ4n) is 1.75. The summed E-state index contributed by atoms with van der Waals surface area (Å²) in [6, 6.07) is 4.35. The van der Waals surface area contributed by atoms with Crippen molar-refractivity contribution in [1.82, 2.24) is 9.78 Å². The van der Waals surface area contributed by atoms with Gasteiger partial charge in [0.2, 0.25) is 5.78 Å². The Bertz CT molecular complexity index is 640. The second kappa shape index (κ2) is 5.43. The lowest BCUT2D eigenvalue weighted by Crippen LogP contribution is -2.15. The minimum atomic E-state index is -0.711. The molecule has 0 N–H and O–H groups in total. The summed E-state index contributed by atoms with van der Waals surface area (Å²) in [6.07, 6.45) is 1.52. The smallest absolute Gasteiger partial charge is 0.215 e. The average molecular weight is 346 g/mol. The van der Waals surface area contributed by atoms with E-state index in [1.54, 1.807) is 10.7 Å². The van der Waals surface area contributed by atoms with Gasteiger partial charge in [-0.25, -0.2) is 4.39 Å². The molecule has 0 unspecified atom stereocenters. The number of benzene rings is 1. The van der Waals surface area contributed by atoms with E-state index >= 15 is 0 Å². The highest BCUT2D eigenvalue weighted by Gasteiger charge is 2.23. The molecule has 100 valence electrons. The van der Waals surface area contributed by atoms with Gasteiger partial charge in [-0.05, 0) is 41.9 Å². The molecule has 1 aromatic heterocycles. The molecule has 6 heteroatoms. The topological polar surface area (TPSA) is 34.9 Å². The first-order chi connectivity index (χ1) is 8.93. The van der Waals surface area contributed by atoms with E-state index in [0.717, 1.165) is 0 Å². The van der Waals surface area contributed by atoms with Gasteiger partial charge in [0.05, 0.1) is 21.3 Å². The van der Waals surface area contributed by atoms with Crippen molar-refractivity contribution >= 4 is 33.3 Å². The zero-order valence-corrected chi connectivity index (χ0v) is 12.7. The minimum Gasteiger partial charge on any atom is -0.287 e. The Morgan fingerprint density at radius 3 is 2.79 bits per heavy atom. The van der Waals surface area contributed by atoms with Crippen LogP contribution < -0.4 is 0 Å². The molecule has 0 fully saturated rings. The molecule has 2 aromatic rings. The number of rotatable bonds is 3. The van der Waals surface area contributed by atoms with Crippen LogP contribution in [-0.4, -0.2) is 15.6 Å². The van der Waals surface area contributed by atoms with Gasteiger partial charge in [0.15, 0.2) is 5.82 Å². The quantitative estimate of drug-likeness (QED) is 0.780. The molecule has 0 aliphatic rings. The fourth-order valence-corrected chi connectivity index (χ4v) is 2.38. The van der Waals surface area contributed by atoms with E-state index in [9.17, 15) is 9.18 Å². The molecule has 0 saturated carbocycles. The van der Waals surface area contributed by atoms with E-state index in [0.29, 0.717) is 10.2 Å². The zero-order valence-electron chi connectivity index (χ0n) is 10.3. The van der Waals surface area contributed by atoms with Crippen molar-refractivity contribution in [3.8, 4) is 0 Å². The Hall–Kier alpha value is -1.20. The highest BCUT2D eigenvalue weighted by Crippen LogP contribution is 2.26. The van der Waals surface area contributed by atoms with E-state index in [2.05, 4.69) is 21.0 Å². The molecule has 19 heavy (non-hydrogen) atoms. The summed E-state index contributed by atoms with van der Waals surface area (Å²) in [4.78, 5) is 12.4. The summed E-state index contributed by atoms with van der Waals surface area (Å²) in [6.45, 7) is 3.79. The summed E-state index contributed by atoms with van der Waals surface area (Å²) in [7, 11) is 0. The van der Waals surface area contributed by atoms with Crippen LogP contribution in [-0.2, 0) is 0 Å². The summed E-state index contributed by atoms with van der Waals surface area (Å²) < 4.78 is 16.0. The number of carbonyl (C=O) groups is 1. The van der Waals surface area contributed by atoms with E-state index in [4.69, 9.17) is 11.6 Å². The molecule has 2 rings (SSSR count). The number of halogens is 3. The number of nitrogens with zero attached hydrogens (tertiary/aromatic N) is 2. The molecular weight excluding hydrogens is 335 g/mol. The molecule has 0 aliphatic heterocycles. The van der Waals surface area contributed by atoms with Crippen LogP contribution in [0, 0.1) is 5.82 Å². The van der Waals surface area contributed by atoms with Crippen molar-refractivity contribution in [1.29, 1.82) is 0 Å². The molecule has 0 bridgehead atoms. The molecule has 1 heterocycles. The van der Waals surface area contributed by atoms with Crippen LogP contribution in [0.4, 0.5) is 4.39 Å². The Kier molecular flexibility index (Phi) is 4.06. The van der Waals surface area contributed by atoms with E-state index in [1.807, 2.05) is 13.8 Å². The number of hydrogen-bond acceptors (Lipinski definition) is 2. The first-order valence-electron chi connectivity index (χ1n) is 5.65. The minimum absolute atomic E-state index is 0.00695. The third-order valence-electron chi connectivity index (χ3n) is 2.65. The van der Waals surface area contributed by atoms with Crippen molar-refractivity contribution in [3.05, 3.63) is 51.0 Å². The van der Waals surface area contributed by atoms with E-state index < -0.39 is 11.6 Å². The van der Waals surface area contributed by atoms with Crippen molar-refractivity contribution in [3.63, 3.8) is 0 Å². The Labute approximate surface area is 123 Å². The molecule has 0 amide bonds. The third kappa shape index (κ3) is 2.58. The largest absolute Gasteiger partial charge is 0.287 e. The lowest BCUT2D eigenvalue weighted by molar-refractivity contribution is 0.102. The van der Waals surface area contributed by atoms with Gasteiger partial charge in [0.1, 0.15) is 5.69 Å². The maximum Gasteiger partial charge on any atom is 0.215 e. The molecule has 3 nitrogen and oxygen atoms in total. The molecule has 0 aliphatic carbocycles. The third-order valence-corrected chi connectivity index (χ3v) is 3.52. The van der Waals surface area contributed by atoms with Crippen LogP contribution in [0.15, 0.2) is 28.9 Å². The average Bonchev–Trinajstić information content (AvgIpc) is 2.74. The van der Waals surface area contributed by atoms with Crippen LogP contribution in [0.5, 0.6) is 0 Å². The Balaban J connectivity index is 2.56. The van der Waals surface area contributed by atoms with Crippen molar-refractivity contribution in [2.75, 3.05) is 0 Å². The number of ketones is 1. The summed E-state index contributed by atoms with van der Waals surface area (Å²) in [5.74, 6) is -1.16. The summed E-state index contributed by atoms with van der Waals surface area (Å²) in [5.41, 5.74) is 0.256. The molecule has 0 spiro atoms. The maximum absolute atomic E-state index is 13.9. The Morgan fingerprint density at radius 1 is 1.47 bits per heavy atom. The highest BCUT2D eigenvalue weighted by molar-refractivity contribution is 9.10. The Morgan fingerprint density at radius 2 is 2.16 bits per heavy atom. The van der Waals surface area contributed by atoms with Crippen LogP contribution in [0.3, 0.4) is 0 Å². The number of hydrogen-bond donors (Lipinski definition) is 0. The van der Waals surface area contributed by atoms with Gasteiger partial charge in [-0.1, -0.05) is 17.7 Å². The van der Waals surface area contributed by atoms with Crippen LogP contribution in [0.1, 0.15) is 35.9 Å². The predicted octanol–water partition coefficient (Wildman–Crippen LogP) is 4.25. The van der Waals surface area contributed by atoms with Gasteiger partial charge in [0, 0.05) is 6.04 Å². The normalized spacial score (nSPS) is 11.1. The summed E-state index contributed by atoms with van der Waals surface area (Å²) in [5, 5.41) is 4.04. The van der Waals surface area contributed by atoms with Gasteiger partial charge in [0.25, 0.3) is 0 Å². The van der Waals surface area contributed by atoms with Crippen LogP contribution in [0.2, 0.25) is 5.02 Å². The molecule has 0 radical (unpaired) electrons. The van der Waals surface area contributed by atoms with Crippen LogP contribution in [0.25, 0.3) is 0 Å². The first kappa shape index (κ1) is 14.2. The fraction of sp³-hybridized carbons (Fsp3) is 0.231. The standard InChI is InChI=1S/C13H11BrClFN2O/c1-7(2)18-12(9(14)6-17-18)13(19)8-4-3-5-10(15)11(8)16/h3-7H,1-2H3. The van der Waals surface area contributed by atoms with Gasteiger partial charge < -0.3 is 0 Å². The molecule has 0 atom stereocenters. The highest BCUT2D eigenvalue weighted by atomic mass is 79.9. The van der Waals surface area contributed by atoms with Gasteiger partial charge in [-0.3, -0.25) is 9.48 Å². The maximum atomic E-state index is 13.9. The predicted molar refractivity (Wildman–Crippen MR) is 75.2 cm³/mol. The van der Waals surface area contributed by atoms with Crippen LogP contribution >= 0.6 is 27.5 Å². The van der Waals surface area contributed by atoms with E-state index in [1.165, 1.54) is 18.3 Å². The zero-order chi connectivity index (χ0) is 14.2.